The molecule has 3 atom stereocenters. The molecule has 19 heavy (non-hydrogen) atoms. The van der Waals surface area contributed by atoms with Gasteiger partial charge in [-0.05, 0) is 49.8 Å². The molecule has 2 fully saturated rings. The van der Waals surface area contributed by atoms with Gasteiger partial charge in [0.05, 0.1) is 0 Å². The maximum atomic E-state index is 3.87. The number of nitrogens with one attached hydrogen (secondary N) is 1. The van der Waals surface area contributed by atoms with Crippen LogP contribution in [-0.2, 0) is 0 Å². The van der Waals surface area contributed by atoms with E-state index in [9.17, 15) is 0 Å². The van der Waals surface area contributed by atoms with Gasteiger partial charge < -0.3 is 10.2 Å². The molecule has 2 aliphatic rings. The van der Waals surface area contributed by atoms with Crippen molar-refractivity contribution in [2.45, 2.75) is 51.1 Å². The minimum absolute atomic E-state index is 0.679. The van der Waals surface area contributed by atoms with Crippen LogP contribution in [0.1, 0.15) is 37.7 Å². The fourth-order valence-electron chi connectivity index (χ4n) is 3.87. The molecule has 1 heterocycles. The predicted octanol–water partition coefficient (Wildman–Crippen LogP) is 3.35. The summed E-state index contributed by atoms with van der Waals surface area (Å²) in [7, 11) is 2.22. The summed E-state index contributed by atoms with van der Waals surface area (Å²) < 4.78 is 0. The Kier molecular flexibility index (Phi) is 3.79. The molecule has 2 heteroatoms. The smallest absolute Gasteiger partial charge is 0.0366 e. The van der Waals surface area contributed by atoms with Gasteiger partial charge in [-0.3, -0.25) is 0 Å². The van der Waals surface area contributed by atoms with Gasteiger partial charge in [-0.25, -0.2) is 0 Å². The second-order valence-corrected chi connectivity index (χ2v) is 6.47. The van der Waals surface area contributed by atoms with Gasteiger partial charge in [-0.1, -0.05) is 25.0 Å². The van der Waals surface area contributed by atoms with Crippen LogP contribution in [0.15, 0.2) is 24.3 Å². The fraction of sp³-hybridized carbons (Fsp3) is 0.647. The van der Waals surface area contributed by atoms with Gasteiger partial charge in [0.15, 0.2) is 0 Å². The number of hydrogen-bond acceptors (Lipinski definition) is 2. The first-order valence-corrected chi connectivity index (χ1v) is 7.76. The van der Waals surface area contributed by atoms with Crippen molar-refractivity contribution < 1.29 is 0 Å². The van der Waals surface area contributed by atoms with E-state index < -0.39 is 0 Å². The molecule has 3 unspecified atom stereocenters. The average Bonchev–Trinajstić information content (AvgIpc) is 2.80. The van der Waals surface area contributed by atoms with Crippen molar-refractivity contribution in [3.05, 3.63) is 29.8 Å². The molecule has 1 saturated carbocycles. The molecule has 104 valence electrons. The standard InChI is InChI=1S/C17H26N2/c1-13-6-5-8-16(10-13)19(2)12-15-11-14-7-3-4-9-17(14)18-15/h5-6,8,10,14-15,17-18H,3-4,7,9,11-12H2,1-2H3. The van der Waals surface area contributed by atoms with Crippen molar-refractivity contribution in [1.82, 2.24) is 5.32 Å². The second-order valence-electron chi connectivity index (χ2n) is 6.47. The maximum absolute atomic E-state index is 3.87. The van der Waals surface area contributed by atoms with Crippen LogP contribution >= 0.6 is 0 Å². The summed E-state index contributed by atoms with van der Waals surface area (Å²) >= 11 is 0. The predicted molar refractivity (Wildman–Crippen MR) is 81.7 cm³/mol. The van der Waals surface area contributed by atoms with E-state index in [0.717, 1.165) is 18.5 Å². The number of rotatable bonds is 3. The number of anilines is 1. The van der Waals surface area contributed by atoms with Crippen molar-refractivity contribution in [2.75, 3.05) is 18.5 Å². The largest absolute Gasteiger partial charge is 0.373 e. The molecular formula is C17H26N2. The fourth-order valence-corrected chi connectivity index (χ4v) is 3.87. The molecule has 0 spiro atoms. The van der Waals surface area contributed by atoms with Crippen LogP contribution < -0.4 is 10.2 Å². The Morgan fingerprint density at radius 2 is 2.11 bits per heavy atom. The third-order valence-corrected chi connectivity index (χ3v) is 4.88. The minimum atomic E-state index is 0.679. The number of likely N-dealkylation sites (N-methyl/N-ethyl adjacent to an activating group) is 1. The zero-order valence-electron chi connectivity index (χ0n) is 12.2. The van der Waals surface area contributed by atoms with Crippen LogP contribution in [-0.4, -0.2) is 25.7 Å². The van der Waals surface area contributed by atoms with E-state index in [-0.39, 0.29) is 0 Å². The Morgan fingerprint density at radius 1 is 1.26 bits per heavy atom. The molecular weight excluding hydrogens is 232 g/mol. The molecule has 1 N–H and O–H groups in total. The molecule has 0 bridgehead atoms. The number of nitrogens with zero attached hydrogens (tertiary/aromatic N) is 1. The maximum Gasteiger partial charge on any atom is 0.0366 e. The van der Waals surface area contributed by atoms with Gasteiger partial charge in [0.2, 0.25) is 0 Å². The number of hydrogen-bond donors (Lipinski definition) is 1. The summed E-state index contributed by atoms with van der Waals surface area (Å²) in [5.41, 5.74) is 2.69. The first-order chi connectivity index (χ1) is 9.22. The minimum Gasteiger partial charge on any atom is -0.373 e. The van der Waals surface area contributed by atoms with Crippen LogP contribution in [0.2, 0.25) is 0 Å². The summed E-state index contributed by atoms with van der Waals surface area (Å²) in [6, 6.07) is 10.3. The van der Waals surface area contributed by atoms with Gasteiger partial charge in [0, 0.05) is 31.4 Å². The van der Waals surface area contributed by atoms with E-state index in [1.807, 2.05) is 0 Å². The van der Waals surface area contributed by atoms with Gasteiger partial charge in [-0.2, -0.15) is 0 Å². The highest BCUT2D eigenvalue weighted by molar-refractivity contribution is 5.47. The van der Waals surface area contributed by atoms with E-state index in [1.165, 1.54) is 43.4 Å². The van der Waals surface area contributed by atoms with Crippen LogP contribution in [0.5, 0.6) is 0 Å². The molecule has 3 rings (SSSR count). The molecule has 2 nitrogen and oxygen atoms in total. The average molecular weight is 258 g/mol. The first kappa shape index (κ1) is 13.0. The zero-order valence-corrected chi connectivity index (χ0v) is 12.2. The van der Waals surface area contributed by atoms with Gasteiger partial charge >= 0.3 is 0 Å². The van der Waals surface area contributed by atoms with E-state index in [0.29, 0.717) is 6.04 Å². The van der Waals surface area contributed by atoms with E-state index in [4.69, 9.17) is 0 Å². The van der Waals surface area contributed by atoms with Crippen LogP contribution in [0, 0.1) is 12.8 Å². The van der Waals surface area contributed by atoms with Gasteiger partial charge in [-0.15, -0.1) is 0 Å². The van der Waals surface area contributed by atoms with Crippen molar-refractivity contribution >= 4 is 5.69 Å². The molecule has 0 amide bonds. The molecule has 1 aliphatic heterocycles. The summed E-state index contributed by atoms with van der Waals surface area (Å²) in [4.78, 5) is 2.40. The normalized spacial score (nSPS) is 30.1. The van der Waals surface area contributed by atoms with Gasteiger partial charge in [0.1, 0.15) is 0 Å². The topological polar surface area (TPSA) is 15.3 Å². The number of fused-ring (bicyclic) bond motifs is 1. The highest BCUT2D eigenvalue weighted by Crippen LogP contribution is 2.33. The van der Waals surface area contributed by atoms with E-state index in [1.54, 1.807) is 0 Å². The Labute approximate surface area is 117 Å². The SMILES string of the molecule is Cc1cccc(N(C)CC2CC3CCCCC3N2)c1. The lowest BCUT2D eigenvalue weighted by molar-refractivity contribution is 0.325. The number of aryl methyl sites for hydroxylation is 1. The quantitative estimate of drug-likeness (QED) is 0.894. The van der Waals surface area contributed by atoms with Crippen molar-refractivity contribution in [3.63, 3.8) is 0 Å². The van der Waals surface area contributed by atoms with E-state index in [2.05, 4.69) is 48.5 Å². The third kappa shape index (κ3) is 2.94. The van der Waals surface area contributed by atoms with Crippen LogP contribution in [0.4, 0.5) is 5.69 Å². The van der Waals surface area contributed by atoms with Crippen LogP contribution in [0.25, 0.3) is 0 Å². The van der Waals surface area contributed by atoms with E-state index >= 15 is 0 Å². The Balaban J connectivity index is 1.59. The monoisotopic (exact) mass is 258 g/mol. The summed E-state index contributed by atoms with van der Waals surface area (Å²) in [5, 5.41) is 3.87. The Bertz CT molecular complexity index is 415. The molecule has 1 aliphatic carbocycles. The second kappa shape index (κ2) is 5.54. The summed E-state index contributed by atoms with van der Waals surface area (Å²) in [5.74, 6) is 0.949. The lowest BCUT2D eigenvalue weighted by Crippen LogP contribution is -2.39. The molecule has 1 aromatic carbocycles. The Morgan fingerprint density at radius 3 is 2.89 bits per heavy atom. The lowest BCUT2D eigenvalue weighted by Gasteiger charge is -2.25. The molecule has 1 aromatic rings. The summed E-state index contributed by atoms with van der Waals surface area (Å²) in [6.07, 6.45) is 7.09. The molecule has 0 radical (unpaired) electrons. The molecule has 0 aromatic heterocycles. The number of benzene rings is 1. The third-order valence-electron chi connectivity index (χ3n) is 4.88. The Hall–Kier alpha value is -1.02. The highest BCUT2D eigenvalue weighted by atomic mass is 15.1. The van der Waals surface area contributed by atoms with Gasteiger partial charge in [0.25, 0.3) is 0 Å². The lowest BCUT2D eigenvalue weighted by atomic mass is 9.85. The van der Waals surface area contributed by atoms with Crippen molar-refractivity contribution in [1.29, 1.82) is 0 Å². The van der Waals surface area contributed by atoms with Crippen LogP contribution in [0.3, 0.4) is 0 Å². The summed E-state index contributed by atoms with van der Waals surface area (Å²) in [6.45, 7) is 3.30. The first-order valence-electron chi connectivity index (χ1n) is 7.76. The van der Waals surface area contributed by atoms with Crippen molar-refractivity contribution in [3.8, 4) is 0 Å². The highest BCUT2D eigenvalue weighted by Gasteiger charge is 2.35. The van der Waals surface area contributed by atoms with Crippen molar-refractivity contribution in [2.24, 2.45) is 5.92 Å². The molecule has 1 saturated heterocycles. The zero-order chi connectivity index (χ0) is 13.2.